The van der Waals surface area contributed by atoms with Crippen molar-refractivity contribution in [2.75, 3.05) is 6.54 Å². The van der Waals surface area contributed by atoms with Gasteiger partial charge in [-0.15, -0.1) is 0 Å². The first-order valence-electron chi connectivity index (χ1n) is 6.92. The summed E-state index contributed by atoms with van der Waals surface area (Å²) in [6.07, 6.45) is 2.74. The van der Waals surface area contributed by atoms with Gasteiger partial charge >= 0.3 is 0 Å². The van der Waals surface area contributed by atoms with Gasteiger partial charge in [0, 0.05) is 28.3 Å². The fourth-order valence-corrected chi connectivity index (χ4v) is 2.27. The van der Waals surface area contributed by atoms with Crippen LogP contribution in [0.4, 0.5) is 4.39 Å². The number of rotatable bonds is 7. The summed E-state index contributed by atoms with van der Waals surface area (Å²) in [5.41, 5.74) is 1.48. The van der Waals surface area contributed by atoms with Crippen LogP contribution in [0, 0.1) is 5.82 Å². The summed E-state index contributed by atoms with van der Waals surface area (Å²) >= 11 is 3.41. The van der Waals surface area contributed by atoms with Gasteiger partial charge in [0.15, 0.2) is 0 Å². The topological polar surface area (TPSA) is 34.2 Å². The van der Waals surface area contributed by atoms with Crippen LogP contribution < -0.4 is 10.1 Å². The van der Waals surface area contributed by atoms with Gasteiger partial charge in [0.2, 0.25) is 5.88 Å². The molecule has 0 bridgehead atoms. The summed E-state index contributed by atoms with van der Waals surface area (Å²) in [5.74, 6) is 0.269. The minimum Gasteiger partial charge on any atom is -0.472 e. The summed E-state index contributed by atoms with van der Waals surface area (Å²) in [7, 11) is 0. The molecule has 112 valence electrons. The quantitative estimate of drug-likeness (QED) is 0.763. The van der Waals surface area contributed by atoms with Crippen molar-refractivity contribution in [1.29, 1.82) is 0 Å². The molecule has 3 nitrogen and oxygen atoms in total. The molecule has 0 saturated carbocycles. The van der Waals surface area contributed by atoms with Gasteiger partial charge in [-0.3, -0.25) is 0 Å². The average Bonchev–Trinajstić information content (AvgIpc) is 2.48. The van der Waals surface area contributed by atoms with E-state index in [-0.39, 0.29) is 12.4 Å². The molecule has 0 fully saturated rings. The van der Waals surface area contributed by atoms with E-state index >= 15 is 0 Å². The second-order valence-corrected chi connectivity index (χ2v) is 5.59. The Morgan fingerprint density at radius 1 is 1.29 bits per heavy atom. The Hall–Kier alpha value is -1.46. The lowest BCUT2D eigenvalue weighted by atomic mass is 10.2. The van der Waals surface area contributed by atoms with E-state index in [4.69, 9.17) is 4.74 Å². The van der Waals surface area contributed by atoms with Crippen molar-refractivity contribution in [3.05, 3.63) is 57.9 Å². The maximum Gasteiger partial charge on any atom is 0.218 e. The Morgan fingerprint density at radius 3 is 2.86 bits per heavy atom. The average molecular weight is 353 g/mol. The first-order valence-corrected chi connectivity index (χ1v) is 7.71. The van der Waals surface area contributed by atoms with Crippen LogP contribution in [0.1, 0.15) is 24.5 Å². The zero-order chi connectivity index (χ0) is 15.1. The third kappa shape index (κ3) is 4.79. The molecule has 0 amide bonds. The number of hydrogen-bond acceptors (Lipinski definition) is 3. The van der Waals surface area contributed by atoms with Crippen molar-refractivity contribution in [1.82, 2.24) is 10.3 Å². The summed E-state index contributed by atoms with van der Waals surface area (Å²) in [6.45, 7) is 3.88. The molecule has 2 aromatic rings. The van der Waals surface area contributed by atoms with Crippen molar-refractivity contribution < 1.29 is 9.13 Å². The Kier molecular flexibility index (Phi) is 6.14. The Bertz CT molecular complexity index is 592. The summed E-state index contributed by atoms with van der Waals surface area (Å²) in [6, 6.07) is 8.56. The normalized spacial score (nSPS) is 10.6. The molecule has 1 aromatic carbocycles. The molecule has 0 aliphatic rings. The Labute approximate surface area is 132 Å². The van der Waals surface area contributed by atoms with Crippen LogP contribution in [-0.2, 0) is 13.2 Å². The summed E-state index contributed by atoms with van der Waals surface area (Å²) in [5, 5.41) is 3.31. The van der Waals surface area contributed by atoms with E-state index in [2.05, 4.69) is 33.2 Å². The van der Waals surface area contributed by atoms with Crippen LogP contribution in [0.3, 0.4) is 0 Å². The number of nitrogens with zero attached hydrogens (tertiary/aromatic N) is 1. The SMILES string of the molecule is CCCNCc1cc(Br)cnc1OCc1ccccc1F. The van der Waals surface area contributed by atoms with Crippen molar-refractivity contribution in [2.45, 2.75) is 26.5 Å². The highest BCUT2D eigenvalue weighted by molar-refractivity contribution is 9.10. The lowest BCUT2D eigenvalue weighted by molar-refractivity contribution is 0.284. The molecule has 0 spiro atoms. The maximum absolute atomic E-state index is 13.6. The minimum atomic E-state index is -0.264. The van der Waals surface area contributed by atoms with Gasteiger partial charge in [0.05, 0.1) is 0 Å². The van der Waals surface area contributed by atoms with Crippen LogP contribution in [0.25, 0.3) is 0 Å². The van der Waals surface area contributed by atoms with Gasteiger partial charge in [-0.1, -0.05) is 25.1 Å². The van der Waals surface area contributed by atoms with Gasteiger partial charge in [-0.25, -0.2) is 9.37 Å². The lowest BCUT2D eigenvalue weighted by Gasteiger charge is -2.12. The number of pyridine rings is 1. The van der Waals surface area contributed by atoms with Gasteiger partial charge in [-0.2, -0.15) is 0 Å². The van der Waals surface area contributed by atoms with Gasteiger partial charge in [0.25, 0.3) is 0 Å². The van der Waals surface area contributed by atoms with Crippen LogP contribution in [-0.4, -0.2) is 11.5 Å². The summed E-state index contributed by atoms with van der Waals surface area (Å²) in [4.78, 5) is 4.27. The number of ether oxygens (including phenoxy) is 1. The van der Waals surface area contributed by atoms with E-state index in [1.54, 1.807) is 24.4 Å². The minimum absolute atomic E-state index is 0.169. The molecule has 0 aliphatic heterocycles. The second kappa shape index (κ2) is 8.10. The molecular formula is C16H18BrFN2O. The van der Waals surface area contributed by atoms with Crippen molar-refractivity contribution >= 4 is 15.9 Å². The number of hydrogen-bond donors (Lipinski definition) is 1. The predicted molar refractivity (Wildman–Crippen MR) is 84.7 cm³/mol. The predicted octanol–water partition coefficient (Wildman–Crippen LogP) is 4.06. The van der Waals surface area contributed by atoms with E-state index in [0.717, 1.165) is 23.0 Å². The van der Waals surface area contributed by atoms with Crippen molar-refractivity contribution in [2.24, 2.45) is 0 Å². The smallest absolute Gasteiger partial charge is 0.218 e. The third-order valence-corrected chi connectivity index (χ3v) is 3.39. The van der Waals surface area contributed by atoms with E-state index < -0.39 is 0 Å². The largest absolute Gasteiger partial charge is 0.472 e. The molecule has 5 heteroatoms. The molecule has 21 heavy (non-hydrogen) atoms. The molecule has 0 saturated heterocycles. The van der Waals surface area contributed by atoms with Gasteiger partial charge in [-0.05, 0) is 41.0 Å². The summed E-state index contributed by atoms with van der Waals surface area (Å²) < 4.78 is 20.2. The van der Waals surface area contributed by atoms with Crippen LogP contribution in [0.15, 0.2) is 41.0 Å². The molecule has 0 unspecified atom stereocenters. The highest BCUT2D eigenvalue weighted by Gasteiger charge is 2.08. The van der Waals surface area contributed by atoms with Crippen LogP contribution >= 0.6 is 15.9 Å². The number of halogens is 2. The molecule has 1 heterocycles. The fourth-order valence-electron chi connectivity index (χ4n) is 1.89. The zero-order valence-corrected chi connectivity index (χ0v) is 13.5. The van der Waals surface area contributed by atoms with E-state index in [1.165, 1.54) is 6.07 Å². The molecule has 0 radical (unpaired) electrons. The maximum atomic E-state index is 13.6. The Balaban J connectivity index is 2.06. The van der Waals surface area contributed by atoms with E-state index in [0.29, 0.717) is 18.0 Å². The molecule has 1 N–H and O–H groups in total. The molecular weight excluding hydrogens is 335 g/mol. The molecule has 2 rings (SSSR count). The standard InChI is InChI=1S/C16H18BrFN2O/c1-2-7-19-9-13-8-14(17)10-20-16(13)21-11-12-5-3-4-6-15(12)18/h3-6,8,10,19H,2,7,9,11H2,1H3. The third-order valence-electron chi connectivity index (χ3n) is 2.96. The Morgan fingerprint density at radius 2 is 2.10 bits per heavy atom. The lowest BCUT2D eigenvalue weighted by Crippen LogP contribution is -2.15. The van der Waals surface area contributed by atoms with E-state index in [1.807, 2.05) is 6.07 Å². The van der Waals surface area contributed by atoms with Gasteiger partial charge in [0.1, 0.15) is 12.4 Å². The number of aromatic nitrogens is 1. The highest BCUT2D eigenvalue weighted by Crippen LogP contribution is 2.21. The monoisotopic (exact) mass is 352 g/mol. The van der Waals surface area contributed by atoms with Crippen LogP contribution in [0.5, 0.6) is 5.88 Å². The second-order valence-electron chi connectivity index (χ2n) is 4.67. The number of nitrogens with one attached hydrogen (secondary N) is 1. The van der Waals surface area contributed by atoms with Crippen molar-refractivity contribution in [3.8, 4) is 5.88 Å². The van der Waals surface area contributed by atoms with Crippen LogP contribution in [0.2, 0.25) is 0 Å². The van der Waals surface area contributed by atoms with Crippen molar-refractivity contribution in [3.63, 3.8) is 0 Å². The zero-order valence-electron chi connectivity index (χ0n) is 11.9. The first kappa shape index (κ1) is 15.9. The molecule has 0 aliphatic carbocycles. The fraction of sp³-hybridized carbons (Fsp3) is 0.312. The molecule has 1 aromatic heterocycles. The highest BCUT2D eigenvalue weighted by atomic mass is 79.9. The first-order chi connectivity index (χ1) is 10.2. The van der Waals surface area contributed by atoms with Gasteiger partial charge < -0.3 is 10.1 Å². The number of benzene rings is 1. The molecule has 0 atom stereocenters. The van der Waals surface area contributed by atoms with E-state index in [9.17, 15) is 4.39 Å².